The quantitative estimate of drug-likeness (QED) is 0.771. The molecule has 2 aliphatic heterocycles. The Bertz CT molecular complexity index is 538. The number of nitrogens with two attached hydrogens (primary N) is 1. The molecule has 1 aromatic rings. The normalized spacial score (nSPS) is 21.5. The average molecular weight is 370 g/mol. The fourth-order valence-corrected chi connectivity index (χ4v) is 2.50. The van der Waals surface area contributed by atoms with E-state index in [2.05, 4.69) is 47.2 Å². The summed E-state index contributed by atoms with van der Waals surface area (Å²) in [5.41, 5.74) is 8.60. The summed E-state index contributed by atoms with van der Waals surface area (Å²) in [5.74, 6) is 1.56. The highest BCUT2D eigenvalue weighted by atomic mass is 127. The van der Waals surface area contributed by atoms with Crippen molar-refractivity contribution in [1.82, 2.24) is 4.90 Å². The molecule has 1 atom stereocenters. The number of rotatable bonds is 1. The summed E-state index contributed by atoms with van der Waals surface area (Å²) in [6, 6.07) is 8.78. The molecule has 5 heteroatoms. The molecule has 102 valence electrons. The highest BCUT2D eigenvalue weighted by Gasteiger charge is 2.25. The maximum atomic E-state index is 5.96. The molecule has 4 nitrogen and oxygen atoms in total. The largest absolute Gasteiger partial charge is 0.369 e. The van der Waals surface area contributed by atoms with Crippen LogP contribution in [-0.2, 0) is 6.42 Å². The van der Waals surface area contributed by atoms with E-state index in [0.717, 1.165) is 18.8 Å². The molecule has 2 aliphatic rings. The molecule has 0 aromatic heterocycles. The van der Waals surface area contributed by atoms with Gasteiger partial charge in [0, 0.05) is 19.3 Å². The van der Waals surface area contributed by atoms with E-state index in [1.165, 1.54) is 11.3 Å². The third-order valence-corrected chi connectivity index (χ3v) is 3.76. The lowest BCUT2D eigenvalue weighted by Gasteiger charge is -2.31. The molecule has 1 unspecified atom stereocenters. The lowest BCUT2D eigenvalue weighted by atomic mass is 10.2. The van der Waals surface area contributed by atoms with E-state index in [1.54, 1.807) is 0 Å². The van der Waals surface area contributed by atoms with Crippen LogP contribution in [0.15, 0.2) is 41.2 Å². The van der Waals surface area contributed by atoms with E-state index in [4.69, 9.17) is 5.73 Å². The molecule has 19 heavy (non-hydrogen) atoms. The first-order valence-corrected chi connectivity index (χ1v) is 6.31. The Kier molecular flexibility index (Phi) is 4.03. The van der Waals surface area contributed by atoms with Crippen LogP contribution in [0.25, 0.3) is 0 Å². The number of aliphatic imine (C=N–C) groups is 1. The number of anilines is 1. The minimum Gasteiger partial charge on any atom is -0.369 e. The maximum absolute atomic E-state index is 5.96. The summed E-state index contributed by atoms with van der Waals surface area (Å²) in [5, 5.41) is 0. The second-order valence-corrected chi connectivity index (χ2v) is 4.88. The fourth-order valence-electron chi connectivity index (χ4n) is 2.50. The molecule has 0 amide bonds. The van der Waals surface area contributed by atoms with Gasteiger partial charge in [0.05, 0.1) is 6.04 Å². The van der Waals surface area contributed by atoms with E-state index in [9.17, 15) is 0 Å². The minimum atomic E-state index is 0. The standard InChI is InChI=1S/C14H18N4.HI/c1-10-9-13(16-14(15)17(10)2)18-8-7-11-5-3-4-6-12(11)18;/h3-6,9-10H,7-8H2,1-2H3,(H2,15,16);1H. The zero-order valence-electron chi connectivity index (χ0n) is 11.2. The Hall–Kier alpha value is -1.24. The van der Waals surface area contributed by atoms with Crippen molar-refractivity contribution in [2.75, 3.05) is 18.5 Å². The highest BCUT2D eigenvalue weighted by molar-refractivity contribution is 14.0. The van der Waals surface area contributed by atoms with Gasteiger partial charge < -0.3 is 15.5 Å². The van der Waals surface area contributed by atoms with Crippen molar-refractivity contribution < 1.29 is 0 Å². The second kappa shape index (κ2) is 5.40. The summed E-state index contributed by atoms with van der Waals surface area (Å²) >= 11 is 0. The van der Waals surface area contributed by atoms with Crippen LogP contribution in [0.1, 0.15) is 12.5 Å². The number of para-hydroxylation sites is 1. The summed E-state index contributed by atoms with van der Waals surface area (Å²) < 4.78 is 0. The number of nitrogens with zero attached hydrogens (tertiary/aromatic N) is 3. The topological polar surface area (TPSA) is 44.9 Å². The lowest BCUT2D eigenvalue weighted by molar-refractivity contribution is 0.436. The van der Waals surface area contributed by atoms with E-state index < -0.39 is 0 Å². The third kappa shape index (κ3) is 2.43. The second-order valence-electron chi connectivity index (χ2n) is 4.88. The van der Waals surface area contributed by atoms with E-state index >= 15 is 0 Å². The fraction of sp³-hybridized carbons (Fsp3) is 0.357. The van der Waals surface area contributed by atoms with E-state index in [-0.39, 0.29) is 30.0 Å². The lowest BCUT2D eigenvalue weighted by Crippen LogP contribution is -2.43. The number of benzene rings is 1. The average Bonchev–Trinajstić information content (AvgIpc) is 2.79. The number of hydrogen-bond donors (Lipinski definition) is 1. The van der Waals surface area contributed by atoms with Crippen LogP contribution < -0.4 is 10.6 Å². The maximum Gasteiger partial charge on any atom is 0.198 e. The molecule has 0 aliphatic carbocycles. The Labute approximate surface area is 131 Å². The van der Waals surface area contributed by atoms with Crippen LogP contribution in [-0.4, -0.2) is 30.5 Å². The SMILES string of the molecule is CC1C=C(N2CCc3ccccc32)N=C(N)N1C.I. The van der Waals surface area contributed by atoms with Crippen molar-refractivity contribution in [2.24, 2.45) is 10.7 Å². The summed E-state index contributed by atoms with van der Waals surface area (Å²) in [7, 11) is 1.97. The van der Waals surface area contributed by atoms with Gasteiger partial charge in [0.2, 0.25) is 0 Å². The van der Waals surface area contributed by atoms with Gasteiger partial charge in [0.15, 0.2) is 5.96 Å². The number of likely N-dealkylation sites (N-methyl/N-ethyl adjacent to an activating group) is 1. The zero-order valence-corrected chi connectivity index (χ0v) is 13.5. The number of hydrogen-bond acceptors (Lipinski definition) is 4. The van der Waals surface area contributed by atoms with Crippen LogP contribution in [0.5, 0.6) is 0 Å². The Morgan fingerprint density at radius 3 is 2.79 bits per heavy atom. The highest BCUT2D eigenvalue weighted by Crippen LogP contribution is 2.32. The van der Waals surface area contributed by atoms with Gasteiger partial charge in [-0.05, 0) is 31.1 Å². The number of guanidine groups is 1. The number of halogens is 1. The van der Waals surface area contributed by atoms with Crippen molar-refractivity contribution >= 4 is 35.6 Å². The van der Waals surface area contributed by atoms with Gasteiger partial charge in [-0.3, -0.25) is 0 Å². The first kappa shape index (κ1) is 14.2. The molecular weight excluding hydrogens is 351 g/mol. The van der Waals surface area contributed by atoms with Crippen molar-refractivity contribution in [3.05, 3.63) is 41.7 Å². The van der Waals surface area contributed by atoms with Crippen LogP contribution in [0.2, 0.25) is 0 Å². The first-order chi connectivity index (χ1) is 8.66. The van der Waals surface area contributed by atoms with Crippen LogP contribution in [0.3, 0.4) is 0 Å². The number of fused-ring (bicyclic) bond motifs is 1. The Morgan fingerprint density at radius 1 is 1.32 bits per heavy atom. The molecule has 0 bridgehead atoms. The minimum absolute atomic E-state index is 0. The Morgan fingerprint density at radius 2 is 2.05 bits per heavy atom. The van der Waals surface area contributed by atoms with Gasteiger partial charge in [-0.25, -0.2) is 0 Å². The third-order valence-electron chi connectivity index (χ3n) is 3.76. The summed E-state index contributed by atoms with van der Waals surface area (Å²) in [4.78, 5) is 8.74. The van der Waals surface area contributed by atoms with Gasteiger partial charge in [-0.2, -0.15) is 4.99 Å². The Balaban J connectivity index is 0.00000133. The van der Waals surface area contributed by atoms with Crippen molar-refractivity contribution in [1.29, 1.82) is 0 Å². The smallest absolute Gasteiger partial charge is 0.198 e. The van der Waals surface area contributed by atoms with Gasteiger partial charge in [0.1, 0.15) is 5.82 Å². The predicted molar refractivity (Wildman–Crippen MR) is 89.8 cm³/mol. The summed E-state index contributed by atoms with van der Waals surface area (Å²) in [6.07, 6.45) is 3.24. The van der Waals surface area contributed by atoms with Gasteiger partial charge in [0.25, 0.3) is 0 Å². The predicted octanol–water partition coefficient (Wildman–Crippen LogP) is 2.16. The molecule has 1 aromatic carbocycles. The molecule has 3 rings (SSSR count). The van der Waals surface area contributed by atoms with Crippen molar-refractivity contribution in [3.8, 4) is 0 Å². The summed E-state index contributed by atoms with van der Waals surface area (Å²) in [6.45, 7) is 3.11. The molecule has 2 heterocycles. The molecule has 0 radical (unpaired) electrons. The van der Waals surface area contributed by atoms with Crippen LogP contribution >= 0.6 is 24.0 Å². The molecule has 0 saturated heterocycles. The van der Waals surface area contributed by atoms with Crippen molar-refractivity contribution in [3.63, 3.8) is 0 Å². The molecule has 0 spiro atoms. The van der Waals surface area contributed by atoms with E-state index in [1.807, 2.05) is 11.9 Å². The van der Waals surface area contributed by atoms with E-state index in [0.29, 0.717) is 5.96 Å². The van der Waals surface area contributed by atoms with Gasteiger partial charge >= 0.3 is 0 Å². The zero-order chi connectivity index (χ0) is 12.7. The van der Waals surface area contributed by atoms with Gasteiger partial charge in [-0.1, -0.05) is 18.2 Å². The first-order valence-electron chi connectivity index (χ1n) is 6.31. The molecule has 0 fully saturated rings. The van der Waals surface area contributed by atoms with Gasteiger partial charge in [-0.15, -0.1) is 24.0 Å². The van der Waals surface area contributed by atoms with Crippen molar-refractivity contribution in [2.45, 2.75) is 19.4 Å². The van der Waals surface area contributed by atoms with Crippen LogP contribution in [0, 0.1) is 0 Å². The monoisotopic (exact) mass is 370 g/mol. The molecular formula is C14H19IN4. The molecule has 0 saturated carbocycles. The van der Waals surface area contributed by atoms with Crippen LogP contribution in [0.4, 0.5) is 5.69 Å². The molecule has 2 N–H and O–H groups in total.